The predicted molar refractivity (Wildman–Crippen MR) is 92.1 cm³/mol. The van der Waals surface area contributed by atoms with Gasteiger partial charge in [0.1, 0.15) is 5.75 Å². The molecule has 0 aromatic heterocycles. The van der Waals surface area contributed by atoms with Crippen LogP contribution in [-0.4, -0.2) is 43.6 Å². The third kappa shape index (κ3) is 6.76. The summed E-state index contributed by atoms with van der Waals surface area (Å²) in [5, 5.41) is 2.91. The van der Waals surface area contributed by atoms with Gasteiger partial charge in [-0.15, -0.1) is 0 Å². The highest BCUT2D eigenvalue weighted by atomic mass is 16.5. The van der Waals surface area contributed by atoms with E-state index in [1.54, 1.807) is 12.2 Å². The zero-order valence-electron chi connectivity index (χ0n) is 14.0. The molecule has 0 spiro atoms. The Hall–Kier alpha value is -1.81. The number of nitrogens with one attached hydrogen (secondary N) is 1. The van der Waals surface area contributed by atoms with Crippen molar-refractivity contribution in [2.75, 3.05) is 32.8 Å². The number of carbonyl (C=O) groups excluding carboxylic acids is 1. The minimum Gasteiger partial charge on any atom is -0.493 e. The Morgan fingerprint density at radius 2 is 1.95 bits per heavy atom. The molecule has 22 heavy (non-hydrogen) atoms. The summed E-state index contributed by atoms with van der Waals surface area (Å²) in [5.74, 6) is 0.744. The fourth-order valence-corrected chi connectivity index (χ4v) is 2.06. The number of likely N-dealkylation sites (N-methyl/N-ethyl adjacent to an activating group) is 1. The molecule has 0 atom stereocenters. The topological polar surface area (TPSA) is 41.6 Å². The molecule has 1 aromatic carbocycles. The molecular weight excluding hydrogens is 276 g/mol. The summed E-state index contributed by atoms with van der Waals surface area (Å²) in [6.45, 7) is 10.6. The molecule has 0 aliphatic rings. The first-order chi connectivity index (χ1) is 10.7. The Morgan fingerprint density at radius 3 is 2.64 bits per heavy atom. The molecule has 122 valence electrons. The van der Waals surface area contributed by atoms with Crippen LogP contribution >= 0.6 is 0 Å². The normalized spacial score (nSPS) is 11.1. The Balaban J connectivity index is 2.48. The first-order valence-electron chi connectivity index (χ1n) is 8.11. The number of ether oxygens (including phenoxy) is 1. The number of hydrogen-bond donors (Lipinski definition) is 1. The number of nitrogens with zero attached hydrogens (tertiary/aromatic N) is 1. The average molecular weight is 304 g/mol. The molecule has 0 aliphatic carbocycles. The number of amides is 1. The Morgan fingerprint density at radius 1 is 1.23 bits per heavy atom. The molecular formula is C18H28N2O2. The van der Waals surface area contributed by atoms with Gasteiger partial charge < -0.3 is 15.0 Å². The maximum absolute atomic E-state index is 11.8. The monoisotopic (exact) mass is 304 g/mol. The Kier molecular flexibility index (Phi) is 9.00. The minimum absolute atomic E-state index is 0.0718. The van der Waals surface area contributed by atoms with Crippen LogP contribution in [0, 0.1) is 0 Å². The molecule has 1 amide bonds. The van der Waals surface area contributed by atoms with Crippen molar-refractivity contribution >= 4 is 12.0 Å². The van der Waals surface area contributed by atoms with Crippen molar-refractivity contribution in [3.8, 4) is 5.75 Å². The fourth-order valence-electron chi connectivity index (χ4n) is 2.06. The van der Waals surface area contributed by atoms with Gasteiger partial charge in [0.15, 0.2) is 0 Å². The minimum atomic E-state index is -0.0718. The predicted octanol–water partition coefficient (Wildman–Crippen LogP) is 2.95. The zero-order chi connectivity index (χ0) is 16.2. The van der Waals surface area contributed by atoms with Gasteiger partial charge in [-0.25, -0.2) is 0 Å². The van der Waals surface area contributed by atoms with Gasteiger partial charge in [0.05, 0.1) is 6.61 Å². The molecule has 1 aromatic rings. The van der Waals surface area contributed by atoms with Crippen LogP contribution in [0.1, 0.15) is 32.8 Å². The van der Waals surface area contributed by atoms with Crippen molar-refractivity contribution in [1.82, 2.24) is 10.2 Å². The number of benzene rings is 1. The van der Waals surface area contributed by atoms with Gasteiger partial charge in [0, 0.05) is 24.7 Å². The molecule has 0 aliphatic heterocycles. The van der Waals surface area contributed by atoms with Gasteiger partial charge in [0.25, 0.3) is 0 Å². The van der Waals surface area contributed by atoms with E-state index in [0.29, 0.717) is 13.2 Å². The summed E-state index contributed by atoms with van der Waals surface area (Å²) in [5.41, 5.74) is 0.926. The summed E-state index contributed by atoms with van der Waals surface area (Å²) in [7, 11) is 0. The van der Waals surface area contributed by atoms with Crippen molar-refractivity contribution < 1.29 is 9.53 Å². The summed E-state index contributed by atoms with van der Waals surface area (Å²) in [6.07, 6.45) is 4.33. The van der Waals surface area contributed by atoms with Crippen LogP contribution in [0.3, 0.4) is 0 Å². The summed E-state index contributed by atoms with van der Waals surface area (Å²) >= 11 is 0. The molecule has 0 unspecified atom stereocenters. The second-order valence-electron chi connectivity index (χ2n) is 5.04. The smallest absolute Gasteiger partial charge is 0.244 e. The first-order valence-corrected chi connectivity index (χ1v) is 8.11. The average Bonchev–Trinajstić information content (AvgIpc) is 2.55. The van der Waals surface area contributed by atoms with E-state index in [2.05, 4.69) is 31.0 Å². The Labute approximate surface area is 134 Å². The summed E-state index contributed by atoms with van der Waals surface area (Å²) in [4.78, 5) is 14.1. The molecule has 0 fully saturated rings. The zero-order valence-corrected chi connectivity index (χ0v) is 14.0. The SMILES string of the molecule is CCCOc1ccccc1/C=C/C(=O)NCCN(CC)CC. The van der Waals surface area contributed by atoms with Crippen LogP contribution in [0.15, 0.2) is 30.3 Å². The van der Waals surface area contributed by atoms with Crippen LogP contribution in [0.2, 0.25) is 0 Å². The van der Waals surface area contributed by atoms with Crippen molar-refractivity contribution in [2.24, 2.45) is 0 Å². The lowest BCUT2D eigenvalue weighted by atomic mass is 10.2. The van der Waals surface area contributed by atoms with Crippen LogP contribution in [0.25, 0.3) is 6.08 Å². The van der Waals surface area contributed by atoms with Crippen molar-refractivity contribution in [3.05, 3.63) is 35.9 Å². The van der Waals surface area contributed by atoms with Crippen molar-refractivity contribution in [3.63, 3.8) is 0 Å². The molecule has 1 N–H and O–H groups in total. The van der Waals surface area contributed by atoms with Crippen LogP contribution in [0.4, 0.5) is 0 Å². The number of para-hydroxylation sites is 1. The highest BCUT2D eigenvalue weighted by Crippen LogP contribution is 2.19. The number of rotatable bonds is 10. The lowest BCUT2D eigenvalue weighted by Gasteiger charge is -2.17. The van der Waals surface area contributed by atoms with Gasteiger partial charge in [-0.05, 0) is 31.7 Å². The quantitative estimate of drug-likeness (QED) is 0.676. The maximum Gasteiger partial charge on any atom is 0.244 e. The second-order valence-corrected chi connectivity index (χ2v) is 5.04. The standard InChI is InChI=1S/C18H28N2O2/c1-4-15-22-17-10-8-7-9-16(17)11-12-18(21)19-13-14-20(5-2)6-3/h7-12H,4-6,13-15H2,1-3H3,(H,19,21)/b12-11+. The van der Waals surface area contributed by atoms with Gasteiger partial charge in [-0.1, -0.05) is 39.0 Å². The summed E-state index contributed by atoms with van der Waals surface area (Å²) < 4.78 is 5.67. The highest BCUT2D eigenvalue weighted by Gasteiger charge is 2.02. The highest BCUT2D eigenvalue weighted by molar-refractivity contribution is 5.92. The lowest BCUT2D eigenvalue weighted by molar-refractivity contribution is -0.116. The maximum atomic E-state index is 11.8. The van der Waals surface area contributed by atoms with Gasteiger partial charge in [0.2, 0.25) is 5.91 Å². The van der Waals surface area contributed by atoms with E-state index in [0.717, 1.165) is 37.4 Å². The molecule has 0 saturated heterocycles. The van der Waals surface area contributed by atoms with Gasteiger partial charge >= 0.3 is 0 Å². The number of carbonyl (C=O) groups is 1. The largest absolute Gasteiger partial charge is 0.493 e. The third-order valence-electron chi connectivity index (χ3n) is 3.42. The van der Waals surface area contributed by atoms with E-state index in [4.69, 9.17) is 4.74 Å². The van der Waals surface area contributed by atoms with E-state index < -0.39 is 0 Å². The molecule has 0 saturated carbocycles. The Bertz CT molecular complexity index is 468. The van der Waals surface area contributed by atoms with E-state index in [9.17, 15) is 4.79 Å². The molecule has 4 heteroatoms. The van der Waals surface area contributed by atoms with Crippen LogP contribution in [-0.2, 0) is 4.79 Å². The molecule has 0 heterocycles. The summed E-state index contributed by atoms with van der Waals surface area (Å²) in [6, 6.07) is 7.75. The van der Waals surface area contributed by atoms with Crippen LogP contribution in [0.5, 0.6) is 5.75 Å². The van der Waals surface area contributed by atoms with Crippen LogP contribution < -0.4 is 10.1 Å². The lowest BCUT2D eigenvalue weighted by Crippen LogP contribution is -2.34. The second kappa shape index (κ2) is 10.9. The fraction of sp³-hybridized carbons (Fsp3) is 0.500. The van der Waals surface area contributed by atoms with E-state index >= 15 is 0 Å². The molecule has 0 radical (unpaired) electrons. The van der Waals surface area contributed by atoms with Crippen molar-refractivity contribution in [1.29, 1.82) is 0 Å². The first kappa shape index (κ1) is 18.2. The molecule has 0 bridgehead atoms. The van der Waals surface area contributed by atoms with E-state index in [1.165, 1.54) is 0 Å². The molecule has 1 rings (SSSR count). The molecule has 4 nitrogen and oxygen atoms in total. The van der Waals surface area contributed by atoms with Gasteiger partial charge in [-0.2, -0.15) is 0 Å². The van der Waals surface area contributed by atoms with E-state index in [-0.39, 0.29) is 5.91 Å². The third-order valence-corrected chi connectivity index (χ3v) is 3.42. The number of hydrogen-bond acceptors (Lipinski definition) is 3. The van der Waals surface area contributed by atoms with Gasteiger partial charge in [-0.3, -0.25) is 4.79 Å². The van der Waals surface area contributed by atoms with E-state index in [1.807, 2.05) is 24.3 Å². The van der Waals surface area contributed by atoms with Crippen molar-refractivity contribution in [2.45, 2.75) is 27.2 Å².